The van der Waals surface area contributed by atoms with Crippen molar-refractivity contribution in [3.63, 3.8) is 0 Å². The molecule has 2 heteroatoms. The van der Waals surface area contributed by atoms with Crippen molar-refractivity contribution in [2.24, 2.45) is 0 Å². The van der Waals surface area contributed by atoms with Crippen LogP contribution in [0.3, 0.4) is 0 Å². The summed E-state index contributed by atoms with van der Waals surface area (Å²) >= 11 is 5.47. The van der Waals surface area contributed by atoms with Crippen LogP contribution in [0.4, 0.5) is 0 Å². The molecule has 0 saturated carbocycles. The number of hydrogen-bond acceptors (Lipinski definition) is 1. The standard InChI is InChI=1S/C11H12ClN/c1-13-9-11-5-2-4-10(8-11)6-3-7-12/h2,4-5,8,13H,7,9H2,1H3. The van der Waals surface area contributed by atoms with Crippen LogP contribution in [0.25, 0.3) is 0 Å². The lowest BCUT2D eigenvalue weighted by Gasteiger charge is -1.99. The molecule has 0 atom stereocenters. The predicted molar refractivity (Wildman–Crippen MR) is 56.8 cm³/mol. The molecule has 0 aliphatic heterocycles. The third-order valence-corrected chi connectivity index (χ3v) is 1.74. The number of halogens is 1. The van der Waals surface area contributed by atoms with Crippen LogP contribution in [0.1, 0.15) is 11.1 Å². The van der Waals surface area contributed by atoms with E-state index in [-0.39, 0.29) is 0 Å². The average molecular weight is 194 g/mol. The van der Waals surface area contributed by atoms with Crippen LogP contribution in [0.5, 0.6) is 0 Å². The normalized spacial score (nSPS) is 9.08. The monoisotopic (exact) mass is 193 g/mol. The van der Waals surface area contributed by atoms with Crippen LogP contribution in [0.15, 0.2) is 24.3 Å². The summed E-state index contributed by atoms with van der Waals surface area (Å²) in [4.78, 5) is 0. The van der Waals surface area contributed by atoms with Gasteiger partial charge in [0.15, 0.2) is 0 Å². The van der Waals surface area contributed by atoms with Crippen LogP contribution >= 0.6 is 11.6 Å². The van der Waals surface area contributed by atoms with E-state index in [0.29, 0.717) is 5.88 Å². The molecule has 1 aromatic rings. The van der Waals surface area contributed by atoms with Crippen molar-refractivity contribution in [2.75, 3.05) is 12.9 Å². The molecule has 0 aliphatic carbocycles. The molecule has 1 nitrogen and oxygen atoms in total. The topological polar surface area (TPSA) is 12.0 Å². The molecule has 0 bridgehead atoms. The van der Waals surface area contributed by atoms with Gasteiger partial charge < -0.3 is 5.32 Å². The fourth-order valence-corrected chi connectivity index (χ4v) is 1.17. The maximum Gasteiger partial charge on any atom is 0.0839 e. The maximum absolute atomic E-state index is 5.47. The van der Waals surface area contributed by atoms with Gasteiger partial charge in [0, 0.05) is 12.1 Å². The Balaban J connectivity index is 2.79. The number of nitrogens with one attached hydrogen (secondary N) is 1. The molecular formula is C11H12ClN. The van der Waals surface area contributed by atoms with E-state index in [4.69, 9.17) is 11.6 Å². The van der Waals surface area contributed by atoms with E-state index in [2.05, 4.69) is 29.3 Å². The zero-order valence-electron chi connectivity index (χ0n) is 7.60. The molecule has 0 amide bonds. The number of benzene rings is 1. The van der Waals surface area contributed by atoms with Crippen LogP contribution in [-0.4, -0.2) is 12.9 Å². The lowest BCUT2D eigenvalue weighted by molar-refractivity contribution is 0.817. The second-order valence-corrected chi connectivity index (χ2v) is 2.93. The molecule has 0 saturated heterocycles. The summed E-state index contributed by atoms with van der Waals surface area (Å²) in [6, 6.07) is 8.13. The highest BCUT2D eigenvalue weighted by Crippen LogP contribution is 2.03. The average Bonchev–Trinajstić information content (AvgIpc) is 2.16. The molecule has 0 unspecified atom stereocenters. The molecule has 0 aliphatic rings. The Morgan fingerprint density at radius 3 is 3.00 bits per heavy atom. The van der Waals surface area contributed by atoms with E-state index < -0.39 is 0 Å². The quantitative estimate of drug-likeness (QED) is 0.560. The van der Waals surface area contributed by atoms with Gasteiger partial charge in [-0.2, -0.15) is 0 Å². The molecule has 0 fully saturated rings. The van der Waals surface area contributed by atoms with E-state index in [1.54, 1.807) is 0 Å². The van der Waals surface area contributed by atoms with Crippen molar-refractivity contribution in [1.82, 2.24) is 5.32 Å². The number of rotatable bonds is 2. The second kappa shape index (κ2) is 5.64. The fraction of sp³-hybridized carbons (Fsp3) is 0.273. The smallest absolute Gasteiger partial charge is 0.0839 e. The van der Waals surface area contributed by atoms with Crippen LogP contribution in [-0.2, 0) is 6.54 Å². The van der Waals surface area contributed by atoms with E-state index >= 15 is 0 Å². The highest BCUT2D eigenvalue weighted by Gasteiger charge is 1.90. The Hall–Kier alpha value is -0.970. The van der Waals surface area contributed by atoms with Crippen molar-refractivity contribution in [2.45, 2.75) is 6.54 Å². The second-order valence-electron chi connectivity index (χ2n) is 2.67. The van der Waals surface area contributed by atoms with Gasteiger partial charge in [-0.1, -0.05) is 24.0 Å². The SMILES string of the molecule is CNCc1cccc(C#CCCl)c1. The Labute approximate surface area is 84.1 Å². The fourth-order valence-electron chi connectivity index (χ4n) is 1.10. The van der Waals surface area contributed by atoms with E-state index in [9.17, 15) is 0 Å². The summed E-state index contributed by atoms with van der Waals surface area (Å²) in [6.45, 7) is 0.871. The largest absolute Gasteiger partial charge is 0.316 e. The van der Waals surface area contributed by atoms with Crippen molar-refractivity contribution in [3.8, 4) is 11.8 Å². The zero-order valence-corrected chi connectivity index (χ0v) is 8.36. The number of hydrogen-bond donors (Lipinski definition) is 1. The minimum atomic E-state index is 0.385. The summed E-state index contributed by atoms with van der Waals surface area (Å²) in [5.74, 6) is 6.20. The lowest BCUT2D eigenvalue weighted by Crippen LogP contribution is -2.04. The van der Waals surface area contributed by atoms with Gasteiger partial charge >= 0.3 is 0 Å². The summed E-state index contributed by atoms with van der Waals surface area (Å²) < 4.78 is 0. The van der Waals surface area contributed by atoms with Gasteiger partial charge in [0.05, 0.1) is 5.88 Å². The van der Waals surface area contributed by atoms with Gasteiger partial charge in [-0.3, -0.25) is 0 Å². The Morgan fingerprint density at radius 2 is 2.31 bits per heavy atom. The first-order chi connectivity index (χ1) is 6.36. The van der Waals surface area contributed by atoms with Gasteiger partial charge in [-0.25, -0.2) is 0 Å². The molecule has 0 spiro atoms. The van der Waals surface area contributed by atoms with Gasteiger partial charge in [0.1, 0.15) is 0 Å². The molecule has 68 valence electrons. The van der Waals surface area contributed by atoms with Crippen molar-refractivity contribution in [1.29, 1.82) is 0 Å². The van der Waals surface area contributed by atoms with Crippen LogP contribution in [0.2, 0.25) is 0 Å². The van der Waals surface area contributed by atoms with Gasteiger partial charge in [0.2, 0.25) is 0 Å². The third kappa shape index (κ3) is 3.50. The van der Waals surface area contributed by atoms with Crippen molar-refractivity contribution >= 4 is 11.6 Å². The molecule has 0 heterocycles. The molecular weight excluding hydrogens is 182 g/mol. The highest BCUT2D eigenvalue weighted by atomic mass is 35.5. The Kier molecular flexibility index (Phi) is 4.39. The summed E-state index contributed by atoms with van der Waals surface area (Å²) in [5, 5.41) is 3.09. The molecule has 0 aromatic heterocycles. The molecule has 1 N–H and O–H groups in total. The van der Waals surface area contributed by atoms with Crippen molar-refractivity contribution < 1.29 is 0 Å². The minimum absolute atomic E-state index is 0.385. The zero-order chi connectivity index (χ0) is 9.52. The Morgan fingerprint density at radius 1 is 1.46 bits per heavy atom. The van der Waals surface area contributed by atoms with Crippen LogP contribution < -0.4 is 5.32 Å². The first-order valence-corrected chi connectivity index (χ1v) is 4.68. The third-order valence-electron chi connectivity index (χ3n) is 1.61. The summed E-state index contributed by atoms with van der Waals surface area (Å²) in [5.41, 5.74) is 2.26. The van der Waals surface area contributed by atoms with E-state index in [1.165, 1.54) is 5.56 Å². The van der Waals surface area contributed by atoms with Gasteiger partial charge in [0.25, 0.3) is 0 Å². The molecule has 1 aromatic carbocycles. The molecule has 1 rings (SSSR count). The summed E-state index contributed by atoms with van der Waals surface area (Å²) in [7, 11) is 1.93. The lowest BCUT2D eigenvalue weighted by atomic mass is 10.1. The first kappa shape index (κ1) is 10.1. The maximum atomic E-state index is 5.47. The highest BCUT2D eigenvalue weighted by molar-refractivity contribution is 6.19. The predicted octanol–water partition coefficient (Wildman–Crippen LogP) is 2.00. The first-order valence-electron chi connectivity index (χ1n) is 4.15. The van der Waals surface area contributed by atoms with Crippen molar-refractivity contribution in [3.05, 3.63) is 35.4 Å². The van der Waals surface area contributed by atoms with E-state index in [1.807, 2.05) is 19.2 Å². The number of alkyl halides is 1. The van der Waals surface area contributed by atoms with Gasteiger partial charge in [-0.15, -0.1) is 11.6 Å². The minimum Gasteiger partial charge on any atom is -0.316 e. The Bertz CT molecular complexity index is 322. The molecule has 0 radical (unpaired) electrons. The van der Waals surface area contributed by atoms with E-state index in [0.717, 1.165) is 12.1 Å². The van der Waals surface area contributed by atoms with Gasteiger partial charge in [-0.05, 0) is 24.7 Å². The summed E-state index contributed by atoms with van der Waals surface area (Å²) in [6.07, 6.45) is 0. The van der Waals surface area contributed by atoms with Crippen LogP contribution in [0, 0.1) is 11.8 Å². The molecule has 13 heavy (non-hydrogen) atoms.